The molecule has 4 heteroatoms. The Balaban J connectivity index is 1.83. The smallest absolute Gasteiger partial charge is 0.155 e. The molecule has 0 atom stereocenters. The molecule has 0 saturated carbocycles. The van der Waals surface area contributed by atoms with Crippen LogP contribution in [-0.2, 0) is 0 Å². The van der Waals surface area contributed by atoms with Crippen molar-refractivity contribution in [2.24, 2.45) is 5.92 Å². The Labute approximate surface area is 77.4 Å². The summed E-state index contributed by atoms with van der Waals surface area (Å²) in [5.74, 6) is 2.19. The molecule has 70 valence electrons. The maximum absolute atomic E-state index is 5.50. The fourth-order valence-electron chi connectivity index (χ4n) is 1.14. The second-order valence-corrected chi connectivity index (χ2v) is 3.30. The lowest BCUT2D eigenvalue weighted by atomic mass is 10.1. The first-order chi connectivity index (χ1) is 6.34. The van der Waals surface area contributed by atoms with Crippen LogP contribution >= 0.6 is 0 Å². The van der Waals surface area contributed by atoms with Crippen LogP contribution in [0.4, 0.5) is 0 Å². The van der Waals surface area contributed by atoms with Crippen molar-refractivity contribution in [1.82, 2.24) is 15.3 Å². The summed E-state index contributed by atoms with van der Waals surface area (Å²) in [7, 11) is 0. The van der Waals surface area contributed by atoms with E-state index < -0.39 is 0 Å². The topological polar surface area (TPSA) is 47.0 Å². The van der Waals surface area contributed by atoms with Crippen LogP contribution < -0.4 is 10.1 Å². The molecule has 1 aliphatic rings. The third kappa shape index (κ3) is 2.15. The van der Waals surface area contributed by atoms with Gasteiger partial charge in [-0.05, 0) is 6.92 Å². The van der Waals surface area contributed by atoms with Gasteiger partial charge in [0.1, 0.15) is 5.82 Å². The fourth-order valence-corrected chi connectivity index (χ4v) is 1.14. The molecule has 1 saturated heterocycles. The number of hydrogen-bond donors (Lipinski definition) is 1. The molecule has 0 unspecified atom stereocenters. The van der Waals surface area contributed by atoms with Crippen molar-refractivity contribution < 1.29 is 4.74 Å². The molecule has 0 bridgehead atoms. The third-order valence-corrected chi connectivity index (χ3v) is 2.11. The molecule has 13 heavy (non-hydrogen) atoms. The second-order valence-electron chi connectivity index (χ2n) is 3.30. The molecular formula is C9H13N3O. The summed E-state index contributed by atoms with van der Waals surface area (Å²) < 4.78 is 5.50. The first kappa shape index (κ1) is 8.44. The molecule has 1 fully saturated rings. The van der Waals surface area contributed by atoms with E-state index in [0.717, 1.165) is 31.3 Å². The molecule has 1 aromatic heterocycles. The van der Waals surface area contributed by atoms with Gasteiger partial charge in [-0.1, -0.05) is 0 Å². The quantitative estimate of drug-likeness (QED) is 0.729. The Kier molecular flexibility index (Phi) is 2.40. The standard InChI is InChI=1S/C9H13N3O/c1-7-11-4-9(5-12-7)13-6-8-2-10-3-8/h4-5,8,10H,2-3,6H2,1H3. The summed E-state index contributed by atoms with van der Waals surface area (Å²) in [5, 5.41) is 3.20. The molecule has 2 rings (SSSR count). The van der Waals surface area contributed by atoms with E-state index in [1.807, 2.05) is 6.92 Å². The van der Waals surface area contributed by atoms with E-state index in [0.29, 0.717) is 5.92 Å². The van der Waals surface area contributed by atoms with Crippen LogP contribution in [0.15, 0.2) is 12.4 Å². The average molecular weight is 179 g/mol. The van der Waals surface area contributed by atoms with Gasteiger partial charge in [-0.2, -0.15) is 0 Å². The lowest BCUT2D eigenvalue weighted by Crippen LogP contribution is -2.45. The largest absolute Gasteiger partial charge is 0.490 e. The minimum absolute atomic E-state index is 0.654. The van der Waals surface area contributed by atoms with Gasteiger partial charge in [0.25, 0.3) is 0 Å². The maximum atomic E-state index is 5.50. The predicted molar refractivity (Wildman–Crippen MR) is 48.6 cm³/mol. The average Bonchev–Trinajstić information content (AvgIpc) is 2.05. The van der Waals surface area contributed by atoms with Crippen LogP contribution in [0.1, 0.15) is 5.82 Å². The zero-order chi connectivity index (χ0) is 9.10. The van der Waals surface area contributed by atoms with Gasteiger partial charge in [-0.3, -0.25) is 0 Å². The molecular weight excluding hydrogens is 166 g/mol. The molecule has 0 amide bonds. The van der Waals surface area contributed by atoms with Crippen molar-refractivity contribution in [3.63, 3.8) is 0 Å². The van der Waals surface area contributed by atoms with Crippen molar-refractivity contribution in [3.05, 3.63) is 18.2 Å². The number of hydrogen-bond acceptors (Lipinski definition) is 4. The highest BCUT2D eigenvalue weighted by Gasteiger charge is 2.16. The molecule has 0 aromatic carbocycles. The van der Waals surface area contributed by atoms with E-state index in [1.54, 1.807) is 12.4 Å². The van der Waals surface area contributed by atoms with E-state index in [1.165, 1.54) is 0 Å². The Morgan fingerprint density at radius 1 is 1.46 bits per heavy atom. The van der Waals surface area contributed by atoms with E-state index in [9.17, 15) is 0 Å². The monoisotopic (exact) mass is 179 g/mol. The molecule has 1 aliphatic heterocycles. The van der Waals surface area contributed by atoms with E-state index in [2.05, 4.69) is 15.3 Å². The summed E-state index contributed by atoms with van der Waals surface area (Å²) in [6.07, 6.45) is 3.43. The van der Waals surface area contributed by atoms with E-state index in [4.69, 9.17) is 4.74 Å². The highest BCUT2D eigenvalue weighted by atomic mass is 16.5. The number of nitrogens with zero attached hydrogens (tertiary/aromatic N) is 2. The van der Waals surface area contributed by atoms with E-state index >= 15 is 0 Å². The summed E-state index contributed by atoms with van der Waals surface area (Å²) in [6.45, 7) is 4.75. The Bertz CT molecular complexity index is 269. The van der Waals surface area contributed by atoms with Crippen LogP contribution in [0.2, 0.25) is 0 Å². The summed E-state index contributed by atoms with van der Waals surface area (Å²) in [6, 6.07) is 0. The zero-order valence-corrected chi connectivity index (χ0v) is 7.66. The number of nitrogens with one attached hydrogen (secondary N) is 1. The van der Waals surface area contributed by atoms with E-state index in [-0.39, 0.29) is 0 Å². The molecule has 4 nitrogen and oxygen atoms in total. The van der Waals surface area contributed by atoms with Gasteiger partial charge in [-0.25, -0.2) is 9.97 Å². The van der Waals surface area contributed by atoms with Crippen molar-refractivity contribution in [3.8, 4) is 5.75 Å². The minimum atomic E-state index is 0.654. The predicted octanol–water partition coefficient (Wildman–Crippen LogP) is 0.383. The summed E-state index contributed by atoms with van der Waals surface area (Å²) >= 11 is 0. The van der Waals surface area contributed by atoms with Crippen LogP contribution in [-0.4, -0.2) is 29.7 Å². The normalized spacial score (nSPS) is 16.7. The first-order valence-electron chi connectivity index (χ1n) is 4.47. The third-order valence-electron chi connectivity index (χ3n) is 2.11. The Hall–Kier alpha value is -1.16. The second kappa shape index (κ2) is 3.70. The molecule has 1 N–H and O–H groups in total. The van der Waals surface area contributed by atoms with Crippen LogP contribution in [0.3, 0.4) is 0 Å². The number of aromatic nitrogens is 2. The van der Waals surface area contributed by atoms with Gasteiger partial charge < -0.3 is 10.1 Å². The highest BCUT2D eigenvalue weighted by Crippen LogP contribution is 2.09. The number of ether oxygens (including phenoxy) is 1. The molecule has 0 aliphatic carbocycles. The molecule has 1 aromatic rings. The zero-order valence-electron chi connectivity index (χ0n) is 7.66. The fraction of sp³-hybridized carbons (Fsp3) is 0.556. The first-order valence-corrected chi connectivity index (χ1v) is 4.47. The van der Waals surface area contributed by atoms with Crippen LogP contribution in [0.25, 0.3) is 0 Å². The molecule has 2 heterocycles. The van der Waals surface area contributed by atoms with Gasteiger partial charge in [0, 0.05) is 19.0 Å². The summed E-state index contributed by atoms with van der Waals surface area (Å²) in [5.41, 5.74) is 0. The van der Waals surface area contributed by atoms with Gasteiger partial charge in [0.05, 0.1) is 19.0 Å². The maximum Gasteiger partial charge on any atom is 0.155 e. The lowest BCUT2D eigenvalue weighted by Gasteiger charge is -2.26. The van der Waals surface area contributed by atoms with Gasteiger partial charge in [0.15, 0.2) is 5.75 Å². The van der Waals surface area contributed by atoms with Gasteiger partial charge in [-0.15, -0.1) is 0 Å². The van der Waals surface area contributed by atoms with Crippen molar-refractivity contribution in [1.29, 1.82) is 0 Å². The number of aryl methyl sites for hydroxylation is 1. The number of rotatable bonds is 3. The van der Waals surface area contributed by atoms with Crippen LogP contribution in [0, 0.1) is 12.8 Å². The van der Waals surface area contributed by atoms with Gasteiger partial charge in [0.2, 0.25) is 0 Å². The van der Waals surface area contributed by atoms with Crippen LogP contribution in [0.5, 0.6) is 5.75 Å². The summed E-state index contributed by atoms with van der Waals surface area (Å²) in [4.78, 5) is 8.10. The van der Waals surface area contributed by atoms with Crippen molar-refractivity contribution >= 4 is 0 Å². The lowest BCUT2D eigenvalue weighted by molar-refractivity contribution is 0.198. The van der Waals surface area contributed by atoms with Gasteiger partial charge >= 0.3 is 0 Å². The van der Waals surface area contributed by atoms with Crippen molar-refractivity contribution in [2.45, 2.75) is 6.92 Å². The Morgan fingerprint density at radius 3 is 2.69 bits per heavy atom. The SMILES string of the molecule is Cc1ncc(OCC2CNC2)cn1. The molecule has 0 radical (unpaired) electrons. The minimum Gasteiger partial charge on any atom is -0.490 e. The van der Waals surface area contributed by atoms with Crippen molar-refractivity contribution in [2.75, 3.05) is 19.7 Å². The molecule has 0 spiro atoms. The Morgan fingerprint density at radius 2 is 2.15 bits per heavy atom. The highest BCUT2D eigenvalue weighted by molar-refractivity contribution is 5.11.